The number of carboxylic acids is 1. The molecule has 1 aromatic heterocycles. The highest BCUT2D eigenvalue weighted by atomic mass is 19.3. The highest BCUT2D eigenvalue weighted by molar-refractivity contribution is 5.94. The molecule has 1 aromatic carbocycles. The van der Waals surface area contributed by atoms with E-state index in [0.29, 0.717) is 25.1 Å². The number of nitrogens with zero attached hydrogens (tertiary/aromatic N) is 4. The molecule has 0 unspecified atom stereocenters. The van der Waals surface area contributed by atoms with Gasteiger partial charge in [-0.1, -0.05) is 5.21 Å². The van der Waals surface area contributed by atoms with Gasteiger partial charge in [0.15, 0.2) is 5.69 Å². The van der Waals surface area contributed by atoms with Crippen molar-refractivity contribution < 1.29 is 28.2 Å². The Morgan fingerprint density at radius 2 is 2.16 bits per heavy atom. The molecule has 1 amide bonds. The molecule has 2 heterocycles. The van der Waals surface area contributed by atoms with Gasteiger partial charge in [0.1, 0.15) is 12.3 Å². The second kappa shape index (κ2) is 6.83. The summed E-state index contributed by atoms with van der Waals surface area (Å²) in [6.07, 6.45) is 2.49. The van der Waals surface area contributed by atoms with E-state index in [1.54, 1.807) is 6.07 Å². The zero-order valence-electron chi connectivity index (χ0n) is 12.9. The topological polar surface area (TPSA) is 97.5 Å². The van der Waals surface area contributed by atoms with Crippen molar-refractivity contribution in [2.75, 3.05) is 11.4 Å². The molecule has 132 valence electrons. The van der Waals surface area contributed by atoms with Crippen molar-refractivity contribution in [3.63, 3.8) is 0 Å². The van der Waals surface area contributed by atoms with Gasteiger partial charge in [0.2, 0.25) is 5.91 Å². The molecule has 3 rings (SSSR count). The van der Waals surface area contributed by atoms with Gasteiger partial charge in [-0.15, -0.1) is 5.10 Å². The number of ether oxygens (including phenoxy) is 1. The maximum atomic E-state index is 12.5. The molecular weight excluding hydrogens is 338 g/mol. The number of aromatic carboxylic acids is 1. The van der Waals surface area contributed by atoms with E-state index >= 15 is 0 Å². The van der Waals surface area contributed by atoms with E-state index in [1.165, 1.54) is 23.2 Å². The first kappa shape index (κ1) is 16.8. The molecule has 10 heteroatoms. The van der Waals surface area contributed by atoms with Crippen LogP contribution in [0.15, 0.2) is 24.4 Å². The van der Waals surface area contributed by atoms with Crippen molar-refractivity contribution >= 4 is 17.6 Å². The molecule has 0 aliphatic carbocycles. The van der Waals surface area contributed by atoms with E-state index in [4.69, 9.17) is 5.11 Å². The smallest absolute Gasteiger partial charge is 0.387 e. The third-order valence-corrected chi connectivity index (χ3v) is 3.75. The molecule has 0 saturated carbocycles. The lowest BCUT2D eigenvalue weighted by atomic mass is 10.0. The van der Waals surface area contributed by atoms with Crippen molar-refractivity contribution in [2.24, 2.45) is 0 Å². The highest BCUT2D eigenvalue weighted by Crippen LogP contribution is 2.31. The molecule has 0 radical (unpaired) electrons. The second-order valence-corrected chi connectivity index (χ2v) is 5.42. The monoisotopic (exact) mass is 352 g/mol. The van der Waals surface area contributed by atoms with Crippen LogP contribution in [0, 0.1) is 0 Å². The fraction of sp³-hybridized carbons (Fsp3) is 0.333. The molecule has 8 nitrogen and oxygen atoms in total. The van der Waals surface area contributed by atoms with Gasteiger partial charge in [0.05, 0.1) is 6.20 Å². The Morgan fingerprint density at radius 1 is 1.36 bits per heavy atom. The van der Waals surface area contributed by atoms with Gasteiger partial charge in [0, 0.05) is 12.2 Å². The van der Waals surface area contributed by atoms with Crippen LogP contribution < -0.4 is 9.64 Å². The number of carbonyl (C=O) groups excluding carboxylic acids is 1. The fourth-order valence-corrected chi connectivity index (χ4v) is 2.71. The summed E-state index contributed by atoms with van der Waals surface area (Å²) in [5.41, 5.74) is 1.11. The summed E-state index contributed by atoms with van der Waals surface area (Å²) in [6, 6.07) is 4.45. The average Bonchev–Trinajstić information content (AvgIpc) is 3.02. The minimum Gasteiger partial charge on any atom is -0.476 e. The lowest BCUT2D eigenvalue weighted by molar-refractivity contribution is -0.119. The third kappa shape index (κ3) is 3.73. The highest BCUT2D eigenvalue weighted by Gasteiger charge is 2.24. The van der Waals surface area contributed by atoms with Crippen molar-refractivity contribution in [3.8, 4) is 5.75 Å². The first-order valence-corrected chi connectivity index (χ1v) is 7.45. The first-order chi connectivity index (χ1) is 11.9. The number of rotatable bonds is 5. The fourth-order valence-electron chi connectivity index (χ4n) is 2.71. The summed E-state index contributed by atoms with van der Waals surface area (Å²) < 4.78 is 30.2. The van der Waals surface area contributed by atoms with E-state index in [1.807, 2.05) is 0 Å². The molecule has 1 aliphatic rings. The first-order valence-electron chi connectivity index (χ1n) is 7.45. The minimum absolute atomic E-state index is 0.0467. The van der Waals surface area contributed by atoms with Gasteiger partial charge >= 0.3 is 12.6 Å². The number of hydrogen-bond donors (Lipinski definition) is 1. The zero-order valence-corrected chi connectivity index (χ0v) is 12.9. The molecular formula is C15H14F2N4O4. The van der Waals surface area contributed by atoms with Crippen molar-refractivity contribution in [2.45, 2.75) is 26.0 Å². The van der Waals surface area contributed by atoms with E-state index < -0.39 is 12.6 Å². The second-order valence-electron chi connectivity index (χ2n) is 5.42. The maximum absolute atomic E-state index is 12.5. The largest absolute Gasteiger partial charge is 0.476 e. The number of aryl methyl sites for hydroxylation is 1. The summed E-state index contributed by atoms with van der Waals surface area (Å²) in [4.78, 5) is 24.8. The molecule has 2 aromatic rings. The Balaban J connectivity index is 1.77. The summed E-state index contributed by atoms with van der Waals surface area (Å²) in [7, 11) is 0. The molecule has 0 bridgehead atoms. The van der Waals surface area contributed by atoms with Crippen molar-refractivity contribution in [3.05, 3.63) is 35.7 Å². The number of halogens is 2. The Hall–Kier alpha value is -3.04. The van der Waals surface area contributed by atoms with Gasteiger partial charge in [-0.05, 0) is 36.6 Å². The zero-order chi connectivity index (χ0) is 18.0. The standard InChI is InChI=1S/C15H14F2N4O4/c16-15(17)25-10-3-4-12-9(6-10)2-1-5-21(12)13(22)8-20-7-11(14(23)24)18-19-20/h3-4,6-7,15H,1-2,5,8H2,(H,23,24). The summed E-state index contributed by atoms with van der Waals surface area (Å²) in [5, 5.41) is 15.9. The van der Waals surface area contributed by atoms with Gasteiger partial charge in [-0.25, -0.2) is 9.48 Å². The van der Waals surface area contributed by atoms with Crippen molar-refractivity contribution in [1.82, 2.24) is 15.0 Å². The number of alkyl halides is 2. The maximum Gasteiger partial charge on any atom is 0.387 e. The summed E-state index contributed by atoms with van der Waals surface area (Å²) in [6.45, 7) is -2.61. The van der Waals surface area contributed by atoms with Crippen LogP contribution in [-0.2, 0) is 17.8 Å². The number of anilines is 1. The third-order valence-electron chi connectivity index (χ3n) is 3.75. The number of benzene rings is 1. The Kier molecular flexibility index (Phi) is 4.59. The predicted molar refractivity (Wildman–Crippen MR) is 80.7 cm³/mol. The van der Waals surface area contributed by atoms with Gasteiger partial charge in [0.25, 0.3) is 0 Å². The van der Waals surface area contributed by atoms with Crippen LogP contribution >= 0.6 is 0 Å². The average molecular weight is 352 g/mol. The Morgan fingerprint density at radius 3 is 2.84 bits per heavy atom. The number of carboxylic acid groups (broad SMARTS) is 1. The molecule has 1 N–H and O–H groups in total. The normalized spacial score (nSPS) is 13.6. The van der Waals surface area contributed by atoms with Crippen molar-refractivity contribution in [1.29, 1.82) is 0 Å². The van der Waals surface area contributed by atoms with Crippen LogP contribution in [-0.4, -0.2) is 45.1 Å². The predicted octanol–water partition coefficient (Wildman–Crippen LogP) is 1.56. The molecule has 0 fully saturated rings. The van der Waals surface area contributed by atoms with Crippen LogP contribution in [0.3, 0.4) is 0 Å². The van der Waals surface area contributed by atoms with Crippen LogP contribution in [0.1, 0.15) is 22.5 Å². The lowest BCUT2D eigenvalue weighted by Gasteiger charge is -2.29. The van der Waals surface area contributed by atoms with Crippen LogP contribution in [0.25, 0.3) is 0 Å². The van der Waals surface area contributed by atoms with Gasteiger partial charge in [-0.3, -0.25) is 4.79 Å². The Bertz CT molecular complexity index is 809. The SMILES string of the molecule is O=C(O)c1cn(CC(=O)N2CCCc3cc(OC(F)F)ccc32)nn1. The quantitative estimate of drug-likeness (QED) is 0.877. The van der Waals surface area contributed by atoms with E-state index in [-0.39, 0.29) is 23.9 Å². The Labute approximate surface area is 140 Å². The number of hydrogen-bond acceptors (Lipinski definition) is 5. The van der Waals surface area contributed by atoms with E-state index in [0.717, 1.165) is 10.2 Å². The lowest BCUT2D eigenvalue weighted by Crippen LogP contribution is -2.37. The number of fused-ring (bicyclic) bond motifs is 1. The summed E-state index contributed by atoms with van der Waals surface area (Å²) in [5.74, 6) is -1.48. The van der Waals surface area contributed by atoms with Gasteiger partial charge in [-0.2, -0.15) is 8.78 Å². The number of carbonyl (C=O) groups is 2. The van der Waals surface area contributed by atoms with E-state index in [9.17, 15) is 18.4 Å². The van der Waals surface area contributed by atoms with Crippen LogP contribution in [0.5, 0.6) is 5.75 Å². The number of aromatic nitrogens is 3. The van der Waals surface area contributed by atoms with E-state index in [2.05, 4.69) is 15.0 Å². The number of amides is 1. The van der Waals surface area contributed by atoms with Crippen LogP contribution in [0.2, 0.25) is 0 Å². The van der Waals surface area contributed by atoms with Crippen LogP contribution in [0.4, 0.5) is 14.5 Å². The molecule has 0 atom stereocenters. The van der Waals surface area contributed by atoms with Gasteiger partial charge < -0.3 is 14.7 Å². The molecule has 1 aliphatic heterocycles. The molecule has 25 heavy (non-hydrogen) atoms. The minimum atomic E-state index is -2.91. The molecule has 0 spiro atoms. The molecule has 0 saturated heterocycles. The summed E-state index contributed by atoms with van der Waals surface area (Å²) >= 11 is 0.